The van der Waals surface area contributed by atoms with Gasteiger partial charge in [0.2, 0.25) is 0 Å². The first kappa shape index (κ1) is 12.9. The number of fused-ring (bicyclic) bond motifs is 1. The molecular weight excluding hydrogens is 234 g/mol. The summed E-state index contributed by atoms with van der Waals surface area (Å²) in [5.41, 5.74) is 2.69. The highest BCUT2D eigenvalue weighted by molar-refractivity contribution is 5.47. The Labute approximate surface area is 116 Å². The van der Waals surface area contributed by atoms with Gasteiger partial charge in [0, 0.05) is 17.3 Å². The molecule has 2 aliphatic carbocycles. The topological polar surface area (TPSA) is 37.8 Å². The maximum atomic E-state index is 4.52. The first-order chi connectivity index (χ1) is 9.33. The van der Waals surface area contributed by atoms with Gasteiger partial charge in [-0.1, -0.05) is 13.3 Å². The van der Waals surface area contributed by atoms with E-state index in [1.165, 1.54) is 56.2 Å². The van der Waals surface area contributed by atoms with Crippen LogP contribution in [0.4, 0.5) is 5.82 Å². The van der Waals surface area contributed by atoms with E-state index in [1.54, 1.807) is 6.33 Å². The Morgan fingerprint density at radius 3 is 2.63 bits per heavy atom. The quantitative estimate of drug-likeness (QED) is 0.822. The predicted molar refractivity (Wildman–Crippen MR) is 78.3 cm³/mol. The molecule has 0 aliphatic heterocycles. The monoisotopic (exact) mass is 259 g/mol. The van der Waals surface area contributed by atoms with Gasteiger partial charge in [0.25, 0.3) is 0 Å². The average Bonchev–Trinajstić information content (AvgIpc) is 2.67. The second kappa shape index (κ2) is 5.89. The molecule has 1 heterocycles. The third-order valence-electron chi connectivity index (χ3n) is 4.73. The van der Waals surface area contributed by atoms with E-state index in [9.17, 15) is 0 Å². The molecule has 1 aromatic rings. The van der Waals surface area contributed by atoms with Gasteiger partial charge >= 0.3 is 0 Å². The molecule has 0 spiro atoms. The lowest BCUT2D eigenvalue weighted by atomic mass is 9.87. The molecule has 1 fully saturated rings. The SMILES string of the molecule is CC1CCC(Nc2ncnc3c2CCCCC3)CC1. The molecule has 0 atom stereocenters. The highest BCUT2D eigenvalue weighted by atomic mass is 15.0. The van der Waals surface area contributed by atoms with Crippen molar-refractivity contribution in [1.29, 1.82) is 0 Å². The van der Waals surface area contributed by atoms with Crippen LogP contribution in [0.5, 0.6) is 0 Å². The number of nitrogens with one attached hydrogen (secondary N) is 1. The maximum Gasteiger partial charge on any atom is 0.133 e. The second-order valence-electron chi connectivity index (χ2n) is 6.31. The number of anilines is 1. The molecule has 0 unspecified atom stereocenters. The molecule has 3 heteroatoms. The normalized spacial score (nSPS) is 27.4. The Kier molecular flexibility index (Phi) is 4.00. The van der Waals surface area contributed by atoms with E-state index in [4.69, 9.17) is 0 Å². The summed E-state index contributed by atoms with van der Waals surface area (Å²) in [5, 5.41) is 3.71. The van der Waals surface area contributed by atoms with E-state index >= 15 is 0 Å². The van der Waals surface area contributed by atoms with E-state index in [0.29, 0.717) is 6.04 Å². The highest BCUT2D eigenvalue weighted by Gasteiger charge is 2.21. The molecule has 1 aromatic heterocycles. The van der Waals surface area contributed by atoms with Crippen molar-refractivity contribution in [2.75, 3.05) is 5.32 Å². The molecule has 1 N–H and O–H groups in total. The lowest BCUT2D eigenvalue weighted by Gasteiger charge is -2.28. The molecule has 0 radical (unpaired) electrons. The molecule has 104 valence electrons. The number of rotatable bonds is 2. The second-order valence-corrected chi connectivity index (χ2v) is 6.31. The first-order valence-electron chi connectivity index (χ1n) is 7.92. The smallest absolute Gasteiger partial charge is 0.133 e. The summed E-state index contributed by atoms with van der Waals surface area (Å²) < 4.78 is 0. The summed E-state index contributed by atoms with van der Waals surface area (Å²) in [5.74, 6) is 2.03. The number of hydrogen-bond donors (Lipinski definition) is 1. The van der Waals surface area contributed by atoms with Gasteiger partial charge in [-0.3, -0.25) is 0 Å². The summed E-state index contributed by atoms with van der Waals surface area (Å²) in [7, 11) is 0. The van der Waals surface area contributed by atoms with Gasteiger partial charge in [-0.25, -0.2) is 9.97 Å². The zero-order valence-corrected chi connectivity index (χ0v) is 12.0. The first-order valence-corrected chi connectivity index (χ1v) is 7.92. The molecule has 3 nitrogen and oxygen atoms in total. The third-order valence-corrected chi connectivity index (χ3v) is 4.73. The van der Waals surface area contributed by atoms with Crippen molar-refractivity contribution in [3.05, 3.63) is 17.6 Å². The highest BCUT2D eigenvalue weighted by Crippen LogP contribution is 2.28. The fourth-order valence-corrected chi connectivity index (χ4v) is 3.42. The van der Waals surface area contributed by atoms with Crippen LogP contribution in [-0.4, -0.2) is 16.0 Å². The molecule has 0 saturated heterocycles. The van der Waals surface area contributed by atoms with Crippen LogP contribution < -0.4 is 5.32 Å². The largest absolute Gasteiger partial charge is 0.367 e. The minimum atomic E-state index is 0.624. The zero-order chi connectivity index (χ0) is 13.1. The summed E-state index contributed by atoms with van der Waals surface area (Å²) in [6.45, 7) is 2.37. The number of hydrogen-bond acceptors (Lipinski definition) is 3. The maximum absolute atomic E-state index is 4.52. The number of nitrogens with zero attached hydrogens (tertiary/aromatic N) is 2. The van der Waals surface area contributed by atoms with E-state index in [1.807, 2.05) is 0 Å². The van der Waals surface area contributed by atoms with Crippen LogP contribution >= 0.6 is 0 Å². The summed E-state index contributed by atoms with van der Waals surface area (Å²) in [4.78, 5) is 9.02. The van der Waals surface area contributed by atoms with Gasteiger partial charge in [0.1, 0.15) is 12.1 Å². The average molecular weight is 259 g/mol. The lowest BCUT2D eigenvalue weighted by Crippen LogP contribution is -2.26. The fourth-order valence-electron chi connectivity index (χ4n) is 3.42. The standard InChI is InChI=1S/C16H25N3/c1-12-7-9-13(10-8-12)19-16-14-5-3-2-4-6-15(14)17-11-18-16/h11-13H,2-10H2,1H3,(H,17,18,19). The van der Waals surface area contributed by atoms with Crippen molar-refractivity contribution in [2.45, 2.75) is 70.8 Å². The van der Waals surface area contributed by atoms with Crippen LogP contribution in [0.15, 0.2) is 6.33 Å². The van der Waals surface area contributed by atoms with Crippen molar-refractivity contribution in [3.8, 4) is 0 Å². The third kappa shape index (κ3) is 3.07. The minimum absolute atomic E-state index is 0.624. The Hall–Kier alpha value is -1.12. The molecule has 2 aliphatic rings. The lowest BCUT2D eigenvalue weighted by molar-refractivity contribution is 0.360. The van der Waals surface area contributed by atoms with Gasteiger partial charge in [0.15, 0.2) is 0 Å². The number of aryl methyl sites for hydroxylation is 1. The molecule has 0 aromatic carbocycles. The van der Waals surface area contributed by atoms with Gasteiger partial charge in [-0.2, -0.15) is 0 Å². The van der Waals surface area contributed by atoms with Gasteiger partial charge in [0.05, 0.1) is 0 Å². The molecule has 19 heavy (non-hydrogen) atoms. The Bertz CT molecular complexity index is 422. The summed E-state index contributed by atoms with van der Waals surface area (Å²) >= 11 is 0. The molecule has 0 amide bonds. The van der Waals surface area contributed by atoms with E-state index in [-0.39, 0.29) is 0 Å². The van der Waals surface area contributed by atoms with Gasteiger partial charge < -0.3 is 5.32 Å². The van der Waals surface area contributed by atoms with E-state index < -0.39 is 0 Å². The van der Waals surface area contributed by atoms with Crippen LogP contribution in [0.2, 0.25) is 0 Å². The van der Waals surface area contributed by atoms with Crippen LogP contribution in [0, 0.1) is 5.92 Å². The van der Waals surface area contributed by atoms with Crippen molar-refractivity contribution in [1.82, 2.24) is 9.97 Å². The Morgan fingerprint density at radius 2 is 1.79 bits per heavy atom. The van der Waals surface area contributed by atoms with Gasteiger partial charge in [-0.05, 0) is 57.3 Å². The molecular formula is C16H25N3. The van der Waals surface area contributed by atoms with Crippen molar-refractivity contribution in [3.63, 3.8) is 0 Å². The van der Waals surface area contributed by atoms with Crippen LogP contribution in [-0.2, 0) is 12.8 Å². The number of aromatic nitrogens is 2. The fraction of sp³-hybridized carbons (Fsp3) is 0.750. The van der Waals surface area contributed by atoms with Crippen molar-refractivity contribution < 1.29 is 0 Å². The van der Waals surface area contributed by atoms with E-state index in [2.05, 4.69) is 22.2 Å². The van der Waals surface area contributed by atoms with Crippen LogP contribution in [0.1, 0.15) is 63.1 Å². The predicted octanol–water partition coefficient (Wildman–Crippen LogP) is 3.74. The molecule has 3 rings (SSSR count). The zero-order valence-electron chi connectivity index (χ0n) is 12.0. The summed E-state index contributed by atoms with van der Waals surface area (Å²) in [6, 6.07) is 0.624. The summed E-state index contributed by atoms with van der Waals surface area (Å²) in [6.07, 6.45) is 13.2. The van der Waals surface area contributed by atoms with Gasteiger partial charge in [-0.15, -0.1) is 0 Å². The minimum Gasteiger partial charge on any atom is -0.367 e. The molecule has 0 bridgehead atoms. The molecule has 1 saturated carbocycles. The van der Waals surface area contributed by atoms with E-state index in [0.717, 1.165) is 24.6 Å². The van der Waals surface area contributed by atoms with Crippen molar-refractivity contribution >= 4 is 5.82 Å². The van der Waals surface area contributed by atoms with Crippen LogP contribution in [0.25, 0.3) is 0 Å². The Morgan fingerprint density at radius 1 is 1.00 bits per heavy atom. The van der Waals surface area contributed by atoms with Crippen LogP contribution in [0.3, 0.4) is 0 Å². The Balaban J connectivity index is 1.74. The van der Waals surface area contributed by atoms with Crippen molar-refractivity contribution in [2.24, 2.45) is 5.92 Å².